The fraction of sp³-hybridized carbons (Fsp3) is 0.320. The molecule has 2 aromatic carbocycles. The van der Waals surface area contributed by atoms with Crippen molar-refractivity contribution in [3.05, 3.63) is 66.0 Å². The second-order valence-corrected chi connectivity index (χ2v) is 9.14. The number of nitrogens with zero attached hydrogens (tertiary/aromatic N) is 5. The Morgan fingerprint density at radius 3 is 2.74 bits per heavy atom. The third-order valence-corrected chi connectivity index (χ3v) is 7.10. The number of rotatable bonds is 7. The number of carbonyl (C=O) groups is 1. The van der Waals surface area contributed by atoms with Gasteiger partial charge in [-0.15, -0.1) is 0 Å². The highest BCUT2D eigenvalue weighted by atomic mass is 32.1. The molecule has 0 spiro atoms. The van der Waals surface area contributed by atoms with Gasteiger partial charge in [0.15, 0.2) is 5.13 Å². The van der Waals surface area contributed by atoms with Crippen molar-refractivity contribution >= 4 is 32.6 Å². The van der Waals surface area contributed by atoms with Gasteiger partial charge in [0.25, 0.3) is 5.91 Å². The number of aromatic nitrogens is 3. The lowest BCUT2D eigenvalue weighted by Gasteiger charge is -2.29. The molecule has 0 radical (unpaired) electrons. The van der Waals surface area contributed by atoms with Gasteiger partial charge in [-0.3, -0.25) is 14.6 Å². The van der Waals surface area contributed by atoms with Crippen LogP contribution >= 0.6 is 11.3 Å². The summed E-state index contributed by atoms with van der Waals surface area (Å²) in [5, 5.41) is 5.18. The molecule has 1 aliphatic heterocycles. The summed E-state index contributed by atoms with van der Waals surface area (Å²) < 4.78 is 13.6. The number of amides is 1. The zero-order chi connectivity index (χ0) is 23.5. The molecule has 0 N–H and O–H groups in total. The number of methoxy groups -OCH3 is 1. The maximum Gasteiger partial charge on any atom is 0.263 e. The van der Waals surface area contributed by atoms with E-state index >= 15 is 0 Å². The minimum absolute atomic E-state index is 0.0982. The predicted octanol–water partition coefficient (Wildman–Crippen LogP) is 3.78. The molecular formula is C25H27N5O3S. The standard InChI is InChI=1S/C25H27N5O3S/c1-18-21(17-26-30(18)19-6-4-3-5-7-19)24(31)29(11-10-28-12-14-33-15-13-28)25-27-22-16-20(32-2)8-9-23(22)34-25/h3-9,16-17H,10-15H2,1-2H3. The maximum atomic E-state index is 13.9. The van der Waals surface area contributed by atoms with Crippen LogP contribution in [-0.2, 0) is 4.74 Å². The number of anilines is 1. The Balaban J connectivity index is 1.48. The molecule has 4 aromatic rings. The number of para-hydroxylation sites is 1. The van der Waals surface area contributed by atoms with E-state index < -0.39 is 0 Å². The fourth-order valence-corrected chi connectivity index (χ4v) is 5.05. The molecule has 1 fully saturated rings. The summed E-state index contributed by atoms with van der Waals surface area (Å²) in [6.07, 6.45) is 1.66. The maximum absolute atomic E-state index is 13.9. The topological polar surface area (TPSA) is 72.7 Å². The monoisotopic (exact) mass is 477 g/mol. The van der Waals surface area contributed by atoms with Crippen LogP contribution in [0.25, 0.3) is 15.9 Å². The van der Waals surface area contributed by atoms with Gasteiger partial charge >= 0.3 is 0 Å². The average molecular weight is 478 g/mol. The number of morpholine rings is 1. The Labute approximate surface area is 202 Å². The summed E-state index contributed by atoms with van der Waals surface area (Å²) in [5.41, 5.74) is 3.12. The SMILES string of the molecule is COc1ccc2sc(N(CCN3CCOCC3)C(=O)c3cnn(-c4ccccc4)c3C)nc2c1. The molecule has 2 aromatic heterocycles. The van der Waals surface area contributed by atoms with Crippen molar-refractivity contribution in [3.63, 3.8) is 0 Å². The van der Waals surface area contributed by atoms with Gasteiger partial charge in [-0.1, -0.05) is 29.5 Å². The van der Waals surface area contributed by atoms with E-state index in [4.69, 9.17) is 14.5 Å². The Hall–Kier alpha value is -3.27. The predicted molar refractivity (Wildman–Crippen MR) is 133 cm³/mol. The van der Waals surface area contributed by atoms with Crippen LogP contribution in [0.3, 0.4) is 0 Å². The van der Waals surface area contributed by atoms with Crippen LogP contribution in [0.5, 0.6) is 5.75 Å². The summed E-state index contributed by atoms with van der Waals surface area (Å²) in [4.78, 5) is 22.8. The summed E-state index contributed by atoms with van der Waals surface area (Å²) in [6, 6.07) is 15.6. The Bertz CT molecular complexity index is 1280. The normalized spacial score (nSPS) is 14.4. The molecule has 3 heterocycles. The zero-order valence-corrected chi connectivity index (χ0v) is 20.1. The van der Waals surface area contributed by atoms with E-state index in [9.17, 15) is 4.79 Å². The minimum atomic E-state index is -0.0982. The van der Waals surface area contributed by atoms with Gasteiger partial charge in [-0.25, -0.2) is 9.67 Å². The first-order chi connectivity index (χ1) is 16.6. The average Bonchev–Trinajstić information content (AvgIpc) is 3.48. The van der Waals surface area contributed by atoms with Gasteiger partial charge < -0.3 is 9.47 Å². The van der Waals surface area contributed by atoms with Crippen molar-refractivity contribution in [1.82, 2.24) is 19.7 Å². The highest BCUT2D eigenvalue weighted by molar-refractivity contribution is 7.22. The van der Waals surface area contributed by atoms with E-state index in [1.165, 1.54) is 11.3 Å². The van der Waals surface area contributed by atoms with Crippen molar-refractivity contribution in [2.75, 3.05) is 51.4 Å². The number of hydrogen-bond donors (Lipinski definition) is 0. The number of hydrogen-bond acceptors (Lipinski definition) is 7. The summed E-state index contributed by atoms with van der Waals surface area (Å²) in [5.74, 6) is 0.648. The highest BCUT2D eigenvalue weighted by Crippen LogP contribution is 2.32. The highest BCUT2D eigenvalue weighted by Gasteiger charge is 2.26. The third kappa shape index (κ3) is 4.54. The van der Waals surface area contributed by atoms with Gasteiger partial charge in [0, 0.05) is 32.2 Å². The van der Waals surface area contributed by atoms with Gasteiger partial charge in [0.05, 0.1) is 53.7 Å². The lowest BCUT2D eigenvalue weighted by molar-refractivity contribution is 0.0391. The van der Waals surface area contributed by atoms with E-state index in [2.05, 4.69) is 10.00 Å². The molecule has 176 valence electrons. The van der Waals surface area contributed by atoms with E-state index in [-0.39, 0.29) is 5.91 Å². The molecule has 5 rings (SSSR count). The second-order valence-electron chi connectivity index (χ2n) is 8.13. The first-order valence-electron chi connectivity index (χ1n) is 11.3. The van der Waals surface area contributed by atoms with Crippen LogP contribution in [-0.4, -0.2) is 72.1 Å². The summed E-state index contributed by atoms with van der Waals surface area (Å²) in [6.45, 7) is 6.38. The van der Waals surface area contributed by atoms with Crippen LogP contribution < -0.4 is 9.64 Å². The molecule has 0 unspecified atom stereocenters. The van der Waals surface area contributed by atoms with Crippen LogP contribution in [0.2, 0.25) is 0 Å². The molecule has 0 aliphatic carbocycles. The minimum Gasteiger partial charge on any atom is -0.497 e. The number of benzene rings is 2. The van der Waals surface area contributed by atoms with Crippen molar-refractivity contribution in [2.45, 2.75) is 6.92 Å². The molecule has 1 saturated heterocycles. The van der Waals surface area contributed by atoms with Crippen LogP contribution in [0.1, 0.15) is 16.1 Å². The first-order valence-corrected chi connectivity index (χ1v) is 12.1. The van der Waals surface area contributed by atoms with E-state index in [1.54, 1.807) is 22.9 Å². The van der Waals surface area contributed by atoms with E-state index in [0.717, 1.165) is 60.2 Å². The van der Waals surface area contributed by atoms with Gasteiger partial charge in [0.1, 0.15) is 5.75 Å². The van der Waals surface area contributed by atoms with Crippen molar-refractivity contribution in [3.8, 4) is 11.4 Å². The number of thiazole rings is 1. The lowest BCUT2D eigenvalue weighted by Crippen LogP contribution is -2.43. The molecule has 0 atom stereocenters. The summed E-state index contributed by atoms with van der Waals surface area (Å²) >= 11 is 1.51. The smallest absolute Gasteiger partial charge is 0.263 e. The zero-order valence-electron chi connectivity index (χ0n) is 19.3. The van der Waals surface area contributed by atoms with Crippen LogP contribution in [0.15, 0.2) is 54.7 Å². The molecule has 0 bridgehead atoms. The molecule has 34 heavy (non-hydrogen) atoms. The lowest BCUT2D eigenvalue weighted by atomic mass is 10.2. The first kappa shape index (κ1) is 22.5. The number of ether oxygens (including phenoxy) is 2. The molecule has 0 saturated carbocycles. The van der Waals surface area contributed by atoms with E-state index in [1.807, 2.05) is 55.5 Å². The van der Waals surface area contributed by atoms with Gasteiger partial charge in [0.2, 0.25) is 0 Å². The van der Waals surface area contributed by atoms with Crippen LogP contribution in [0, 0.1) is 6.92 Å². The van der Waals surface area contributed by atoms with Crippen molar-refractivity contribution in [2.24, 2.45) is 0 Å². The van der Waals surface area contributed by atoms with Crippen molar-refractivity contribution in [1.29, 1.82) is 0 Å². The Kier molecular flexibility index (Phi) is 6.57. The van der Waals surface area contributed by atoms with Crippen molar-refractivity contribution < 1.29 is 14.3 Å². The molecule has 1 amide bonds. The molecule has 1 aliphatic rings. The fourth-order valence-electron chi connectivity index (χ4n) is 4.08. The van der Waals surface area contributed by atoms with Gasteiger partial charge in [-0.05, 0) is 31.2 Å². The Morgan fingerprint density at radius 1 is 1.18 bits per heavy atom. The quantitative estimate of drug-likeness (QED) is 0.403. The third-order valence-electron chi connectivity index (χ3n) is 6.04. The van der Waals surface area contributed by atoms with Gasteiger partial charge in [-0.2, -0.15) is 5.10 Å². The number of fused-ring (bicyclic) bond motifs is 1. The second kappa shape index (κ2) is 9.92. The van der Waals surface area contributed by atoms with Crippen LogP contribution in [0.4, 0.5) is 5.13 Å². The van der Waals surface area contributed by atoms with E-state index in [0.29, 0.717) is 17.2 Å². The molecule has 9 heteroatoms. The Morgan fingerprint density at radius 2 is 1.97 bits per heavy atom. The molecular weight excluding hydrogens is 450 g/mol. The molecule has 8 nitrogen and oxygen atoms in total. The number of carbonyl (C=O) groups excluding carboxylic acids is 1. The summed E-state index contributed by atoms with van der Waals surface area (Å²) in [7, 11) is 1.64. The largest absolute Gasteiger partial charge is 0.497 e.